The summed E-state index contributed by atoms with van der Waals surface area (Å²) in [4.78, 5) is 6.87. The van der Waals surface area contributed by atoms with Crippen molar-refractivity contribution in [3.8, 4) is 0 Å². The molecular formula is C14H22N6O2S2. The van der Waals surface area contributed by atoms with Crippen molar-refractivity contribution in [1.29, 1.82) is 0 Å². The van der Waals surface area contributed by atoms with Gasteiger partial charge in [-0.1, -0.05) is 11.3 Å². The van der Waals surface area contributed by atoms with Crippen LogP contribution in [0.15, 0.2) is 0 Å². The lowest BCUT2D eigenvalue weighted by atomic mass is 10.4. The molecule has 132 valence electrons. The highest BCUT2D eigenvalue weighted by atomic mass is 32.2. The highest BCUT2D eigenvalue weighted by molar-refractivity contribution is 7.86. The van der Waals surface area contributed by atoms with Gasteiger partial charge in [-0.2, -0.15) is 22.1 Å². The SMILES string of the molecule is Cc1nn(C)c2nc(N3CCN(S(=O)(=O)N4CCCC4)CC3)sc12. The number of fused-ring (bicyclic) bond motifs is 1. The number of rotatable bonds is 3. The van der Waals surface area contributed by atoms with Gasteiger partial charge in [0.2, 0.25) is 0 Å². The van der Waals surface area contributed by atoms with Crippen LogP contribution in [0, 0.1) is 6.92 Å². The number of aryl methyl sites for hydroxylation is 2. The molecule has 0 N–H and O–H groups in total. The molecule has 24 heavy (non-hydrogen) atoms. The number of thiazole rings is 1. The molecule has 2 aliphatic heterocycles. The molecule has 0 saturated carbocycles. The average Bonchev–Trinajstić information content (AvgIpc) is 3.28. The van der Waals surface area contributed by atoms with Crippen LogP contribution in [-0.4, -0.2) is 71.1 Å². The molecule has 10 heteroatoms. The van der Waals surface area contributed by atoms with Gasteiger partial charge in [0, 0.05) is 46.3 Å². The Bertz CT molecular complexity index is 810. The summed E-state index contributed by atoms with van der Waals surface area (Å²) in [5.41, 5.74) is 1.89. The van der Waals surface area contributed by atoms with E-state index in [9.17, 15) is 8.42 Å². The van der Waals surface area contributed by atoms with Gasteiger partial charge in [-0.3, -0.25) is 0 Å². The molecule has 0 amide bonds. The van der Waals surface area contributed by atoms with Crippen molar-refractivity contribution in [3.05, 3.63) is 5.69 Å². The predicted molar refractivity (Wildman–Crippen MR) is 94.6 cm³/mol. The number of nitrogens with zero attached hydrogens (tertiary/aromatic N) is 6. The Morgan fingerprint density at radius 2 is 1.62 bits per heavy atom. The van der Waals surface area contributed by atoms with Crippen molar-refractivity contribution in [2.45, 2.75) is 19.8 Å². The van der Waals surface area contributed by atoms with Gasteiger partial charge < -0.3 is 4.90 Å². The Kier molecular flexibility index (Phi) is 4.02. The predicted octanol–water partition coefficient (Wildman–Crippen LogP) is 0.801. The van der Waals surface area contributed by atoms with Crippen LogP contribution >= 0.6 is 11.3 Å². The molecule has 2 aliphatic rings. The van der Waals surface area contributed by atoms with E-state index in [1.807, 2.05) is 14.0 Å². The highest BCUT2D eigenvalue weighted by Gasteiger charge is 2.34. The number of piperazine rings is 1. The molecule has 2 fully saturated rings. The largest absolute Gasteiger partial charge is 0.345 e. The van der Waals surface area contributed by atoms with Crippen LogP contribution in [0.2, 0.25) is 0 Å². The van der Waals surface area contributed by atoms with E-state index in [4.69, 9.17) is 0 Å². The monoisotopic (exact) mass is 370 g/mol. The van der Waals surface area contributed by atoms with Crippen molar-refractivity contribution < 1.29 is 8.42 Å². The molecule has 4 heterocycles. The molecule has 0 aliphatic carbocycles. The number of hydrogen-bond donors (Lipinski definition) is 0. The van der Waals surface area contributed by atoms with Crippen LogP contribution in [0.5, 0.6) is 0 Å². The summed E-state index contributed by atoms with van der Waals surface area (Å²) in [6.07, 6.45) is 1.94. The van der Waals surface area contributed by atoms with Gasteiger partial charge in [0.25, 0.3) is 10.2 Å². The summed E-state index contributed by atoms with van der Waals surface area (Å²) >= 11 is 1.64. The second-order valence-corrected chi connectivity index (χ2v) is 9.26. The van der Waals surface area contributed by atoms with E-state index in [0.717, 1.165) is 34.0 Å². The molecular weight excluding hydrogens is 348 g/mol. The molecule has 0 bridgehead atoms. The van der Waals surface area contributed by atoms with E-state index < -0.39 is 10.2 Å². The quantitative estimate of drug-likeness (QED) is 0.799. The zero-order valence-corrected chi connectivity index (χ0v) is 15.6. The fraction of sp³-hybridized carbons (Fsp3) is 0.714. The van der Waals surface area contributed by atoms with Gasteiger partial charge in [0.15, 0.2) is 10.8 Å². The second-order valence-electron chi connectivity index (χ2n) is 6.36. The first-order chi connectivity index (χ1) is 11.5. The third kappa shape index (κ3) is 2.61. The molecule has 0 atom stereocenters. The summed E-state index contributed by atoms with van der Waals surface area (Å²) in [6.45, 7) is 5.71. The summed E-state index contributed by atoms with van der Waals surface area (Å²) in [5.74, 6) is 0. The summed E-state index contributed by atoms with van der Waals surface area (Å²) in [7, 11) is -1.38. The maximum Gasteiger partial charge on any atom is 0.282 e. The topological polar surface area (TPSA) is 74.6 Å². The van der Waals surface area contributed by atoms with Gasteiger partial charge in [-0.05, 0) is 19.8 Å². The minimum absolute atomic E-state index is 0.520. The average molecular weight is 371 g/mol. The number of anilines is 1. The molecule has 0 aromatic carbocycles. The first kappa shape index (κ1) is 16.2. The Balaban J connectivity index is 1.48. The molecule has 2 saturated heterocycles. The van der Waals surface area contributed by atoms with Crippen LogP contribution in [0.25, 0.3) is 10.3 Å². The van der Waals surface area contributed by atoms with E-state index in [0.29, 0.717) is 39.3 Å². The minimum Gasteiger partial charge on any atom is -0.345 e. The van der Waals surface area contributed by atoms with E-state index >= 15 is 0 Å². The van der Waals surface area contributed by atoms with Crippen molar-refractivity contribution in [2.75, 3.05) is 44.2 Å². The maximum atomic E-state index is 12.6. The zero-order chi connectivity index (χ0) is 16.9. The van der Waals surface area contributed by atoms with Gasteiger partial charge in [0.05, 0.1) is 10.4 Å². The minimum atomic E-state index is -3.29. The highest BCUT2D eigenvalue weighted by Crippen LogP contribution is 2.31. The molecule has 0 radical (unpaired) electrons. The van der Waals surface area contributed by atoms with E-state index in [-0.39, 0.29) is 0 Å². The lowest BCUT2D eigenvalue weighted by Crippen LogP contribution is -2.52. The summed E-state index contributed by atoms with van der Waals surface area (Å²) in [6, 6.07) is 0. The van der Waals surface area contributed by atoms with Gasteiger partial charge in [-0.15, -0.1) is 0 Å². The fourth-order valence-electron chi connectivity index (χ4n) is 3.40. The Labute approximate surface area is 145 Å². The third-order valence-corrected chi connectivity index (χ3v) is 8.01. The Morgan fingerprint density at radius 1 is 1.00 bits per heavy atom. The third-order valence-electron chi connectivity index (χ3n) is 4.76. The number of aromatic nitrogens is 3. The Hall–Kier alpha value is -1.23. The van der Waals surface area contributed by atoms with Crippen LogP contribution in [0.1, 0.15) is 18.5 Å². The van der Waals surface area contributed by atoms with Gasteiger partial charge in [0.1, 0.15) is 0 Å². The van der Waals surface area contributed by atoms with Crippen LogP contribution in [0.4, 0.5) is 5.13 Å². The normalized spacial score (nSPS) is 21.2. The molecule has 2 aromatic rings. The smallest absolute Gasteiger partial charge is 0.282 e. The second kappa shape index (κ2) is 5.94. The van der Waals surface area contributed by atoms with E-state index in [1.165, 1.54) is 0 Å². The number of hydrogen-bond acceptors (Lipinski definition) is 6. The fourth-order valence-corrected chi connectivity index (χ4v) is 6.16. The summed E-state index contributed by atoms with van der Waals surface area (Å²) < 4.78 is 31.4. The zero-order valence-electron chi connectivity index (χ0n) is 14.0. The molecule has 8 nitrogen and oxygen atoms in total. The lowest BCUT2D eigenvalue weighted by Gasteiger charge is -2.35. The molecule has 0 unspecified atom stereocenters. The van der Waals surface area contributed by atoms with Crippen molar-refractivity contribution >= 4 is 37.0 Å². The lowest BCUT2D eigenvalue weighted by molar-refractivity contribution is 0.343. The van der Waals surface area contributed by atoms with Crippen molar-refractivity contribution in [2.24, 2.45) is 7.05 Å². The van der Waals surface area contributed by atoms with Crippen LogP contribution in [0.3, 0.4) is 0 Å². The van der Waals surface area contributed by atoms with Crippen molar-refractivity contribution in [1.82, 2.24) is 23.4 Å². The molecule has 0 spiro atoms. The summed E-state index contributed by atoms with van der Waals surface area (Å²) in [5, 5.41) is 5.34. The van der Waals surface area contributed by atoms with E-state index in [1.54, 1.807) is 24.6 Å². The van der Waals surface area contributed by atoms with Gasteiger partial charge in [-0.25, -0.2) is 9.67 Å². The maximum absolute atomic E-state index is 12.6. The van der Waals surface area contributed by atoms with Crippen LogP contribution < -0.4 is 4.90 Å². The van der Waals surface area contributed by atoms with Gasteiger partial charge >= 0.3 is 0 Å². The van der Waals surface area contributed by atoms with Crippen LogP contribution in [-0.2, 0) is 17.3 Å². The first-order valence-electron chi connectivity index (χ1n) is 8.27. The van der Waals surface area contributed by atoms with Crippen molar-refractivity contribution in [3.63, 3.8) is 0 Å². The molecule has 4 rings (SSSR count). The first-order valence-corrected chi connectivity index (χ1v) is 10.5. The van der Waals surface area contributed by atoms with E-state index in [2.05, 4.69) is 15.0 Å². The Morgan fingerprint density at radius 3 is 2.25 bits per heavy atom. The standard InChI is InChI=1S/C14H22N6O2S2/c1-11-12-13(17(2)16-11)15-14(23-12)18-7-9-20(10-8-18)24(21,22)19-5-3-4-6-19/h3-10H2,1-2H3. The molecule has 2 aromatic heterocycles.